The number of rotatable bonds is 4. The van der Waals surface area contributed by atoms with Gasteiger partial charge >= 0.3 is 6.18 Å². The molecule has 1 N–H and O–H groups in total. The van der Waals surface area contributed by atoms with Crippen LogP contribution in [0.1, 0.15) is 44.1 Å². The highest BCUT2D eigenvalue weighted by molar-refractivity contribution is 5.47. The lowest BCUT2D eigenvalue weighted by molar-refractivity contribution is -0.139. The van der Waals surface area contributed by atoms with Crippen molar-refractivity contribution in [3.8, 4) is 0 Å². The summed E-state index contributed by atoms with van der Waals surface area (Å²) >= 11 is 0. The van der Waals surface area contributed by atoms with Crippen LogP contribution in [0.2, 0.25) is 0 Å². The van der Waals surface area contributed by atoms with Crippen molar-refractivity contribution in [2.24, 2.45) is 5.92 Å². The van der Waals surface area contributed by atoms with E-state index in [4.69, 9.17) is 0 Å². The Morgan fingerprint density at radius 2 is 1.80 bits per heavy atom. The second-order valence-electron chi connectivity index (χ2n) is 5.41. The Morgan fingerprint density at radius 3 is 2.45 bits per heavy atom. The Labute approximate surface area is 116 Å². The summed E-state index contributed by atoms with van der Waals surface area (Å²) in [5.74, 6) is -0.561. The van der Waals surface area contributed by atoms with Crippen LogP contribution in [0, 0.1) is 11.7 Å². The zero-order valence-corrected chi connectivity index (χ0v) is 11.3. The summed E-state index contributed by atoms with van der Waals surface area (Å²) in [6.07, 6.45) is 2.51. The molecule has 20 heavy (non-hydrogen) atoms. The number of halogens is 4. The van der Waals surface area contributed by atoms with Gasteiger partial charge in [-0.2, -0.15) is 13.2 Å². The summed E-state index contributed by atoms with van der Waals surface area (Å²) in [5.41, 5.74) is -0.880. The molecule has 1 saturated carbocycles. The Kier molecular flexibility index (Phi) is 4.89. The van der Waals surface area contributed by atoms with E-state index < -0.39 is 17.6 Å². The Bertz CT molecular complexity index is 436. The van der Waals surface area contributed by atoms with E-state index in [1.807, 2.05) is 0 Å². The quantitative estimate of drug-likeness (QED) is 0.749. The van der Waals surface area contributed by atoms with Crippen LogP contribution in [0.4, 0.5) is 23.2 Å². The van der Waals surface area contributed by atoms with Crippen molar-refractivity contribution < 1.29 is 17.6 Å². The van der Waals surface area contributed by atoms with Gasteiger partial charge in [0, 0.05) is 12.2 Å². The molecule has 0 radical (unpaired) electrons. The molecule has 0 aromatic heterocycles. The predicted molar refractivity (Wildman–Crippen MR) is 71.1 cm³/mol. The van der Waals surface area contributed by atoms with Crippen LogP contribution < -0.4 is 5.32 Å². The van der Waals surface area contributed by atoms with Gasteiger partial charge in [0.05, 0.1) is 5.56 Å². The van der Waals surface area contributed by atoms with Gasteiger partial charge in [-0.15, -0.1) is 0 Å². The third-order valence-corrected chi connectivity index (χ3v) is 3.88. The SMILES string of the molecule is Fc1ccc(NCCC2CCCCC2)cc1C(F)(F)F. The topological polar surface area (TPSA) is 12.0 Å². The smallest absolute Gasteiger partial charge is 0.385 e. The van der Waals surface area contributed by atoms with E-state index in [0.717, 1.165) is 18.6 Å². The van der Waals surface area contributed by atoms with E-state index in [-0.39, 0.29) is 0 Å². The van der Waals surface area contributed by atoms with E-state index in [9.17, 15) is 17.6 Å². The van der Waals surface area contributed by atoms with Crippen LogP contribution in [-0.4, -0.2) is 6.54 Å². The monoisotopic (exact) mass is 289 g/mol. The molecule has 5 heteroatoms. The number of alkyl halides is 3. The van der Waals surface area contributed by atoms with Crippen molar-refractivity contribution in [2.75, 3.05) is 11.9 Å². The summed E-state index contributed by atoms with van der Waals surface area (Å²) in [5, 5.41) is 2.96. The minimum atomic E-state index is -4.65. The minimum absolute atomic E-state index is 0.328. The average Bonchev–Trinajstić information content (AvgIpc) is 2.40. The molecule has 0 saturated heterocycles. The molecule has 1 aromatic rings. The molecular formula is C15H19F4N. The van der Waals surface area contributed by atoms with Crippen LogP contribution in [0.25, 0.3) is 0 Å². The fourth-order valence-corrected chi connectivity index (χ4v) is 2.75. The molecule has 1 aliphatic rings. The van der Waals surface area contributed by atoms with Gasteiger partial charge in [0.25, 0.3) is 0 Å². The molecular weight excluding hydrogens is 270 g/mol. The second kappa shape index (κ2) is 6.46. The summed E-state index contributed by atoms with van der Waals surface area (Å²) in [6.45, 7) is 0.633. The highest BCUT2D eigenvalue weighted by Gasteiger charge is 2.34. The van der Waals surface area contributed by atoms with Crippen molar-refractivity contribution in [3.63, 3.8) is 0 Å². The van der Waals surface area contributed by atoms with Crippen LogP contribution in [-0.2, 0) is 6.18 Å². The lowest BCUT2D eigenvalue weighted by Gasteiger charge is -2.21. The van der Waals surface area contributed by atoms with Crippen LogP contribution in [0.3, 0.4) is 0 Å². The van der Waals surface area contributed by atoms with Gasteiger partial charge in [0.2, 0.25) is 0 Å². The molecule has 1 aliphatic carbocycles. The maximum absolute atomic E-state index is 13.1. The van der Waals surface area contributed by atoms with Crippen molar-refractivity contribution in [1.82, 2.24) is 0 Å². The number of anilines is 1. The third kappa shape index (κ3) is 4.12. The van der Waals surface area contributed by atoms with Gasteiger partial charge in [0.1, 0.15) is 5.82 Å². The molecule has 1 nitrogen and oxygen atoms in total. The molecule has 1 fully saturated rings. The number of nitrogens with one attached hydrogen (secondary N) is 1. The molecule has 0 heterocycles. The molecule has 0 bridgehead atoms. The van der Waals surface area contributed by atoms with E-state index in [1.54, 1.807) is 0 Å². The van der Waals surface area contributed by atoms with E-state index >= 15 is 0 Å². The molecule has 0 unspecified atom stereocenters. The van der Waals surface area contributed by atoms with E-state index in [0.29, 0.717) is 18.2 Å². The van der Waals surface area contributed by atoms with Crippen molar-refractivity contribution in [2.45, 2.75) is 44.7 Å². The Balaban J connectivity index is 1.89. The normalized spacial score (nSPS) is 17.2. The van der Waals surface area contributed by atoms with Gasteiger partial charge in [-0.25, -0.2) is 4.39 Å². The first kappa shape index (κ1) is 15.1. The highest BCUT2D eigenvalue weighted by atomic mass is 19.4. The summed E-state index contributed by atoms with van der Waals surface area (Å²) < 4.78 is 50.9. The van der Waals surface area contributed by atoms with Crippen molar-refractivity contribution in [3.05, 3.63) is 29.6 Å². The third-order valence-electron chi connectivity index (χ3n) is 3.88. The highest BCUT2D eigenvalue weighted by Crippen LogP contribution is 2.33. The summed E-state index contributed by atoms with van der Waals surface area (Å²) in [7, 11) is 0. The lowest BCUT2D eigenvalue weighted by Crippen LogP contribution is -2.13. The summed E-state index contributed by atoms with van der Waals surface area (Å²) in [4.78, 5) is 0. The Morgan fingerprint density at radius 1 is 1.10 bits per heavy atom. The maximum Gasteiger partial charge on any atom is 0.419 e. The van der Waals surface area contributed by atoms with Crippen LogP contribution in [0.15, 0.2) is 18.2 Å². The predicted octanol–water partition coefficient (Wildman–Crippen LogP) is 5.23. The maximum atomic E-state index is 13.1. The molecule has 0 spiro atoms. The summed E-state index contributed by atoms with van der Waals surface area (Å²) in [6, 6.07) is 3.06. The van der Waals surface area contributed by atoms with E-state index in [1.165, 1.54) is 38.2 Å². The van der Waals surface area contributed by atoms with Gasteiger partial charge in [-0.1, -0.05) is 32.1 Å². The zero-order chi connectivity index (χ0) is 14.6. The number of benzene rings is 1. The van der Waals surface area contributed by atoms with Crippen LogP contribution >= 0.6 is 0 Å². The Hall–Kier alpha value is -1.26. The average molecular weight is 289 g/mol. The van der Waals surface area contributed by atoms with E-state index in [2.05, 4.69) is 5.32 Å². The molecule has 0 amide bonds. The zero-order valence-electron chi connectivity index (χ0n) is 11.3. The largest absolute Gasteiger partial charge is 0.419 e. The standard InChI is InChI=1S/C15H19F4N/c16-14-7-6-12(10-13(14)15(17,18)19)20-9-8-11-4-2-1-3-5-11/h6-7,10-11,20H,1-5,8-9H2. The molecule has 2 rings (SSSR count). The van der Waals surface area contributed by atoms with Gasteiger partial charge < -0.3 is 5.32 Å². The van der Waals surface area contributed by atoms with Gasteiger partial charge in [0.15, 0.2) is 0 Å². The molecule has 0 atom stereocenters. The number of hydrogen-bond donors (Lipinski definition) is 1. The van der Waals surface area contributed by atoms with Crippen LogP contribution in [0.5, 0.6) is 0 Å². The number of hydrogen-bond acceptors (Lipinski definition) is 1. The van der Waals surface area contributed by atoms with Gasteiger partial charge in [-0.3, -0.25) is 0 Å². The first-order valence-electron chi connectivity index (χ1n) is 7.07. The molecule has 112 valence electrons. The lowest BCUT2D eigenvalue weighted by atomic mass is 9.87. The fourth-order valence-electron chi connectivity index (χ4n) is 2.75. The van der Waals surface area contributed by atoms with Crippen molar-refractivity contribution in [1.29, 1.82) is 0 Å². The van der Waals surface area contributed by atoms with Crippen molar-refractivity contribution >= 4 is 5.69 Å². The second-order valence-corrected chi connectivity index (χ2v) is 5.41. The first-order valence-corrected chi connectivity index (χ1v) is 7.07. The van der Waals surface area contributed by atoms with Gasteiger partial charge in [-0.05, 0) is 30.5 Å². The molecule has 0 aliphatic heterocycles. The fraction of sp³-hybridized carbons (Fsp3) is 0.600. The first-order chi connectivity index (χ1) is 9.47. The minimum Gasteiger partial charge on any atom is -0.385 e. The molecule has 1 aromatic carbocycles.